The quantitative estimate of drug-likeness (QED) is 0.705. The van der Waals surface area contributed by atoms with Crippen molar-refractivity contribution in [1.29, 1.82) is 0 Å². The number of nitrogens with one attached hydrogen (secondary N) is 2. The van der Waals surface area contributed by atoms with Crippen LogP contribution in [0.1, 0.15) is 23.7 Å². The molecule has 0 aliphatic carbocycles. The Bertz CT molecular complexity index is 457. The molecule has 6 heteroatoms. The molecule has 0 unspecified atom stereocenters. The molecule has 0 aromatic heterocycles. The number of Topliss-reactive ketones (excluding diaryl/α,β-unsaturated/α-hetero) is 1. The first-order chi connectivity index (χ1) is 8.05. The topological polar surface area (TPSA) is 75.3 Å². The Balaban J connectivity index is 2.49. The van der Waals surface area contributed by atoms with Gasteiger partial charge in [-0.2, -0.15) is 13.1 Å². The van der Waals surface area contributed by atoms with Crippen molar-refractivity contribution in [3.8, 4) is 0 Å². The van der Waals surface area contributed by atoms with E-state index in [1.54, 1.807) is 30.3 Å². The van der Waals surface area contributed by atoms with Gasteiger partial charge in [0, 0.05) is 12.1 Å². The van der Waals surface area contributed by atoms with Crippen LogP contribution in [0, 0.1) is 0 Å². The number of hydrogen-bond donors (Lipinski definition) is 2. The summed E-state index contributed by atoms with van der Waals surface area (Å²) >= 11 is 0. The molecule has 0 aliphatic rings. The van der Waals surface area contributed by atoms with Gasteiger partial charge >= 0.3 is 0 Å². The van der Waals surface area contributed by atoms with Gasteiger partial charge in [0.1, 0.15) is 0 Å². The Morgan fingerprint density at radius 1 is 1.18 bits per heavy atom. The summed E-state index contributed by atoms with van der Waals surface area (Å²) in [6, 6.07) is 8.56. The Labute approximate surface area is 101 Å². The van der Waals surface area contributed by atoms with Crippen molar-refractivity contribution in [3.63, 3.8) is 0 Å². The van der Waals surface area contributed by atoms with Gasteiger partial charge < -0.3 is 0 Å². The fourth-order valence-electron chi connectivity index (χ4n) is 1.17. The normalized spacial score (nSPS) is 11.4. The summed E-state index contributed by atoms with van der Waals surface area (Å²) in [5.74, 6) is -0.257. The first-order valence-corrected chi connectivity index (χ1v) is 6.86. The van der Waals surface area contributed by atoms with E-state index >= 15 is 0 Å². The molecule has 0 aliphatic heterocycles. The molecule has 0 saturated carbocycles. The molecule has 0 amide bonds. The minimum Gasteiger partial charge on any atom is -0.293 e. The van der Waals surface area contributed by atoms with Crippen LogP contribution in [-0.4, -0.2) is 27.3 Å². The van der Waals surface area contributed by atoms with E-state index in [9.17, 15) is 13.2 Å². The molecule has 1 aromatic rings. The first kappa shape index (κ1) is 13.8. The van der Waals surface area contributed by atoms with Crippen molar-refractivity contribution in [1.82, 2.24) is 9.44 Å². The number of ketones is 1. The fourth-order valence-corrected chi connectivity index (χ4v) is 2.07. The van der Waals surface area contributed by atoms with Crippen molar-refractivity contribution in [3.05, 3.63) is 35.9 Å². The van der Waals surface area contributed by atoms with Crippen LogP contribution in [0.4, 0.5) is 0 Å². The molecule has 0 bridgehead atoms. The van der Waals surface area contributed by atoms with Gasteiger partial charge in [0.15, 0.2) is 5.78 Å². The maximum atomic E-state index is 11.6. The predicted molar refractivity (Wildman–Crippen MR) is 66.0 cm³/mol. The maximum Gasteiger partial charge on any atom is 0.277 e. The Morgan fingerprint density at radius 2 is 1.82 bits per heavy atom. The number of carbonyl (C=O) groups excluding carboxylic acids is 1. The first-order valence-electron chi connectivity index (χ1n) is 5.37. The van der Waals surface area contributed by atoms with Crippen LogP contribution in [0.15, 0.2) is 30.3 Å². The second kappa shape index (κ2) is 6.48. The minimum absolute atomic E-state index is 0.233. The van der Waals surface area contributed by atoms with E-state index in [1.807, 2.05) is 6.92 Å². The molecule has 0 spiro atoms. The van der Waals surface area contributed by atoms with Gasteiger partial charge in [-0.15, -0.1) is 0 Å². The molecule has 1 rings (SSSR count). The molecular weight excluding hydrogens is 240 g/mol. The lowest BCUT2D eigenvalue weighted by Crippen LogP contribution is -2.39. The van der Waals surface area contributed by atoms with Gasteiger partial charge in [0.25, 0.3) is 10.2 Å². The van der Waals surface area contributed by atoms with Crippen LogP contribution in [-0.2, 0) is 10.2 Å². The highest BCUT2D eigenvalue weighted by Crippen LogP contribution is 1.98. The van der Waals surface area contributed by atoms with Gasteiger partial charge in [-0.1, -0.05) is 37.3 Å². The van der Waals surface area contributed by atoms with E-state index in [0.717, 1.165) is 0 Å². The van der Waals surface area contributed by atoms with Crippen molar-refractivity contribution in [2.45, 2.75) is 13.3 Å². The van der Waals surface area contributed by atoms with Crippen molar-refractivity contribution in [2.75, 3.05) is 13.1 Å². The predicted octanol–water partition coefficient (Wildman–Crippen LogP) is 0.703. The molecular formula is C11H16N2O3S. The summed E-state index contributed by atoms with van der Waals surface area (Å²) in [7, 11) is -3.57. The summed E-state index contributed by atoms with van der Waals surface area (Å²) < 4.78 is 27.2. The summed E-state index contributed by atoms with van der Waals surface area (Å²) in [5, 5.41) is 0. The van der Waals surface area contributed by atoms with Crippen LogP contribution >= 0.6 is 0 Å². The van der Waals surface area contributed by atoms with Gasteiger partial charge in [-0.05, 0) is 6.42 Å². The molecule has 0 saturated heterocycles. The molecule has 0 fully saturated rings. The third-order valence-corrected chi connectivity index (χ3v) is 3.17. The Morgan fingerprint density at radius 3 is 2.41 bits per heavy atom. The summed E-state index contributed by atoms with van der Waals surface area (Å²) in [6.45, 7) is 1.98. The second-order valence-corrected chi connectivity index (χ2v) is 5.09. The van der Waals surface area contributed by atoms with E-state index in [2.05, 4.69) is 9.44 Å². The molecule has 2 N–H and O–H groups in total. The average Bonchev–Trinajstić information content (AvgIpc) is 2.35. The smallest absolute Gasteiger partial charge is 0.277 e. The number of hydrogen-bond acceptors (Lipinski definition) is 3. The SMILES string of the molecule is CCCNS(=O)(=O)NCC(=O)c1ccccc1. The second-order valence-electron chi connectivity index (χ2n) is 3.51. The van der Waals surface area contributed by atoms with Crippen molar-refractivity contribution in [2.24, 2.45) is 0 Å². The van der Waals surface area contributed by atoms with E-state index in [0.29, 0.717) is 18.5 Å². The largest absolute Gasteiger partial charge is 0.293 e. The number of benzene rings is 1. The van der Waals surface area contributed by atoms with Gasteiger partial charge in [-0.3, -0.25) is 4.79 Å². The average molecular weight is 256 g/mol. The molecule has 0 heterocycles. The Hall–Kier alpha value is -1.24. The maximum absolute atomic E-state index is 11.6. The van der Waals surface area contributed by atoms with Crippen molar-refractivity contribution >= 4 is 16.0 Å². The minimum atomic E-state index is -3.57. The third-order valence-electron chi connectivity index (χ3n) is 2.06. The van der Waals surface area contributed by atoms with Gasteiger partial charge in [-0.25, -0.2) is 4.72 Å². The molecule has 0 atom stereocenters. The van der Waals surface area contributed by atoms with Crippen molar-refractivity contribution < 1.29 is 13.2 Å². The number of carbonyl (C=O) groups is 1. The molecule has 94 valence electrons. The highest BCUT2D eigenvalue weighted by molar-refractivity contribution is 7.87. The molecule has 0 radical (unpaired) electrons. The lowest BCUT2D eigenvalue weighted by molar-refractivity contribution is 0.0997. The fraction of sp³-hybridized carbons (Fsp3) is 0.364. The monoisotopic (exact) mass is 256 g/mol. The lowest BCUT2D eigenvalue weighted by Gasteiger charge is -2.06. The zero-order chi connectivity index (χ0) is 12.7. The zero-order valence-electron chi connectivity index (χ0n) is 9.64. The van der Waals surface area contributed by atoms with E-state index in [1.165, 1.54) is 0 Å². The van der Waals surface area contributed by atoms with E-state index in [4.69, 9.17) is 0 Å². The highest BCUT2D eigenvalue weighted by Gasteiger charge is 2.11. The molecule has 1 aromatic carbocycles. The van der Waals surface area contributed by atoms with E-state index in [-0.39, 0.29) is 12.3 Å². The highest BCUT2D eigenvalue weighted by atomic mass is 32.2. The van der Waals surface area contributed by atoms with Crippen LogP contribution in [0.5, 0.6) is 0 Å². The van der Waals surface area contributed by atoms with Crippen LogP contribution < -0.4 is 9.44 Å². The van der Waals surface area contributed by atoms with E-state index < -0.39 is 10.2 Å². The van der Waals surface area contributed by atoms with Gasteiger partial charge in [0.2, 0.25) is 0 Å². The molecule has 5 nitrogen and oxygen atoms in total. The van der Waals surface area contributed by atoms with Crippen LogP contribution in [0.2, 0.25) is 0 Å². The summed E-state index contributed by atoms with van der Waals surface area (Å²) in [5.41, 5.74) is 0.491. The van der Waals surface area contributed by atoms with Gasteiger partial charge in [0.05, 0.1) is 6.54 Å². The molecule has 17 heavy (non-hydrogen) atoms. The third kappa shape index (κ3) is 5.08. The standard InChI is InChI=1S/C11H16N2O3S/c1-2-8-12-17(15,16)13-9-11(14)10-6-4-3-5-7-10/h3-7,12-13H,2,8-9H2,1H3. The summed E-state index contributed by atoms with van der Waals surface area (Å²) in [4.78, 5) is 11.6. The summed E-state index contributed by atoms with van der Waals surface area (Å²) in [6.07, 6.45) is 0.702. The van der Waals surface area contributed by atoms with Crippen LogP contribution in [0.25, 0.3) is 0 Å². The van der Waals surface area contributed by atoms with Crippen LogP contribution in [0.3, 0.4) is 0 Å². The lowest BCUT2D eigenvalue weighted by atomic mass is 10.1. The Kier molecular flexibility index (Phi) is 5.27. The zero-order valence-corrected chi connectivity index (χ0v) is 10.5. The number of rotatable bonds is 7.